The van der Waals surface area contributed by atoms with Crippen molar-refractivity contribution in [1.82, 2.24) is 0 Å². The fourth-order valence-corrected chi connectivity index (χ4v) is 1.000. The molecular formula is C10H10N2O2. The Morgan fingerprint density at radius 3 is 2.79 bits per heavy atom. The first-order valence-electron chi connectivity index (χ1n) is 4.10. The van der Waals surface area contributed by atoms with Crippen molar-refractivity contribution in [3.8, 4) is 0 Å². The molecule has 0 aliphatic heterocycles. The number of carbonyl (C=O) groups excluding carboxylic acids is 2. The summed E-state index contributed by atoms with van der Waals surface area (Å²) in [4.78, 5) is 25.5. The molecule has 0 unspecified atom stereocenters. The van der Waals surface area contributed by atoms with E-state index in [4.69, 9.17) is 5.73 Å². The Morgan fingerprint density at radius 1 is 1.43 bits per heavy atom. The second-order valence-electron chi connectivity index (χ2n) is 2.56. The Kier molecular flexibility index (Phi) is 3.69. The fraction of sp³-hybridized carbons (Fsp3) is 0.100. The molecule has 0 spiro atoms. The van der Waals surface area contributed by atoms with E-state index in [1.807, 2.05) is 0 Å². The highest BCUT2D eigenvalue weighted by Gasteiger charge is 2.07. The van der Waals surface area contributed by atoms with Crippen molar-refractivity contribution in [2.45, 2.75) is 0 Å². The zero-order valence-electron chi connectivity index (χ0n) is 7.51. The lowest BCUT2D eigenvalue weighted by molar-refractivity contribution is 0.0996. The number of benzene rings is 1. The molecule has 1 rings (SSSR count). The van der Waals surface area contributed by atoms with Crippen LogP contribution in [-0.2, 0) is 0 Å². The van der Waals surface area contributed by atoms with Crippen LogP contribution in [0.25, 0.3) is 0 Å². The number of carbonyl (C=O) groups is 2. The van der Waals surface area contributed by atoms with Crippen LogP contribution in [0.2, 0.25) is 0 Å². The third kappa shape index (κ3) is 2.34. The van der Waals surface area contributed by atoms with Gasteiger partial charge in [-0.15, -0.1) is 0 Å². The predicted octanol–water partition coefficient (Wildman–Crippen LogP) is 0.669. The van der Waals surface area contributed by atoms with E-state index in [1.54, 1.807) is 24.3 Å². The van der Waals surface area contributed by atoms with Gasteiger partial charge in [0.2, 0.25) is 0 Å². The van der Waals surface area contributed by atoms with Crippen LogP contribution in [0.1, 0.15) is 20.7 Å². The third-order valence-electron chi connectivity index (χ3n) is 1.63. The maximum Gasteiger partial charge on any atom is 0.277 e. The highest BCUT2D eigenvalue weighted by Crippen LogP contribution is 2.07. The van der Waals surface area contributed by atoms with Gasteiger partial charge in [0.05, 0.1) is 5.56 Å². The van der Waals surface area contributed by atoms with Crippen molar-refractivity contribution in [2.24, 2.45) is 10.7 Å². The lowest BCUT2D eigenvalue weighted by Gasteiger charge is -1.97. The van der Waals surface area contributed by atoms with Crippen LogP contribution in [0.4, 0.5) is 0 Å². The number of nitrogens with two attached hydrogens (primary N) is 1. The number of hydrogen-bond acceptors (Lipinski definition) is 3. The van der Waals surface area contributed by atoms with Gasteiger partial charge in [0.1, 0.15) is 0 Å². The first-order valence-corrected chi connectivity index (χ1v) is 4.10. The number of hydrogen-bond donors (Lipinski definition) is 1. The van der Waals surface area contributed by atoms with Gasteiger partial charge >= 0.3 is 0 Å². The van der Waals surface area contributed by atoms with Crippen LogP contribution in [0.3, 0.4) is 0 Å². The minimum atomic E-state index is -0.446. The molecule has 0 aliphatic carbocycles. The van der Waals surface area contributed by atoms with Gasteiger partial charge in [0, 0.05) is 18.3 Å². The smallest absolute Gasteiger partial charge is 0.277 e. The van der Waals surface area contributed by atoms with Gasteiger partial charge < -0.3 is 5.73 Å². The summed E-state index contributed by atoms with van der Waals surface area (Å²) in [7, 11) is 0. The molecule has 0 heterocycles. The summed E-state index contributed by atoms with van der Waals surface area (Å²) in [6, 6.07) is 6.49. The molecule has 1 aromatic rings. The van der Waals surface area contributed by atoms with Crippen LogP contribution in [0.15, 0.2) is 29.3 Å². The van der Waals surface area contributed by atoms with Crippen molar-refractivity contribution < 1.29 is 9.59 Å². The van der Waals surface area contributed by atoms with Gasteiger partial charge in [0.25, 0.3) is 5.91 Å². The summed E-state index contributed by atoms with van der Waals surface area (Å²) in [5, 5.41) is 0. The summed E-state index contributed by atoms with van der Waals surface area (Å²) < 4.78 is 0. The maximum absolute atomic E-state index is 11.4. The molecule has 0 fully saturated rings. The minimum absolute atomic E-state index is 0.203. The molecule has 72 valence electrons. The average molecular weight is 190 g/mol. The first-order chi connectivity index (χ1) is 6.79. The molecule has 0 saturated carbocycles. The zero-order chi connectivity index (χ0) is 10.4. The summed E-state index contributed by atoms with van der Waals surface area (Å²) in [6.07, 6.45) is 1.94. The van der Waals surface area contributed by atoms with Gasteiger partial charge in [-0.1, -0.05) is 18.2 Å². The Morgan fingerprint density at radius 2 is 2.14 bits per heavy atom. The molecule has 0 aromatic heterocycles. The highest BCUT2D eigenvalue weighted by atomic mass is 16.1. The quantitative estimate of drug-likeness (QED) is 0.562. The largest absolute Gasteiger partial charge is 0.326 e. The predicted molar refractivity (Wildman–Crippen MR) is 53.7 cm³/mol. The molecule has 0 bridgehead atoms. The number of amides is 1. The molecule has 14 heavy (non-hydrogen) atoms. The van der Waals surface area contributed by atoms with Gasteiger partial charge in [0.15, 0.2) is 6.29 Å². The van der Waals surface area contributed by atoms with E-state index >= 15 is 0 Å². The molecule has 1 amide bonds. The van der Waals surface area contributed by atoms with E-state index in [2.05, 4.69) is 4.99 Å². The molecule has 4 nitrogen and oxygen atoms in total. The number of rotatable bonds is 3. The SMILES string of the molecule is NCC=NC(=O)c1ccccc1C=O. The van der Waals surface area contributed by atoms with Crippen LogP contribution < -0.4 is 5.73 Å². The number of aliphatic imine (C=N–C) groups is 1. The lowest BCUT2D eigenvalue weighted by Crippen LogP contribution is -2.04. The maximum atomic E-state index is 11.4. The first kappa shape index (κ1) is 10.3. The van der Waals surface area contributed by atoms with Crippen LogP contribution in [-0.4, -0.2) is 25.0 Å². The molecular weight excluding hydrogens is 180 g/mol. The van der Waals surface area contributed by atoms with Crippen molar-refractivity contribution in [1.29, 1.82) is 0 Å². The van der Waals surface area contributed by atoms with Crippen molar-refractivity contribution in [3.05, 3.63) is 35.4 Å². The summed E-state index contributed by atoms with van der Waals surface area (Å²) in [5.41, 5.74) is 5.79. The van der Waals surface area contributed by atoms with Crippen LogP contribution in [0.5, 0.6) is 0 Å². The monoisotopic (exact) mass is 190 g/mol. The number of aldehydes is 1. The normalized spacial score (nSPS) is 10.4. The van der Waals surface area contributed by atoms with Gasteiger partial charge in [-0.25, -0.2) is 4.99 Å². The van der Waals surface area contributed by atoms with Crippen LogP contribution >= 0.6 is 0 Å². The summed E-state index contributed by atoms with van der Waals surface area (Å²) >= 11 is 0. The lowest BCUT2D eigenvalue weighted by atomic mass is 10.1. The van der Waals surface area contributed by atoms with E-state index in [1.165, 1.54) is 6.21 Å². The van der Waals surface area contributed by atoms with Crippen molar-refractivity contribution in [3.63, 3.8) is 0 Å². The Balaban J connectivity index is 3.00. The molecule has 0 aliphatic rings. The van der Waals surface area contributed by atoms with E-state index in [0.29, 0.717) is 17.4 Å². The molecule has 0 saturated heterocycles. The molecule has 4 heteroatoms. The Hall–Kier alpha value is -1.81. The molecule has 0 atom stereocenters. The fourth-order valence-electron chi connectivity index (χ4n) is 1.000. The topological polar surface area (TPSA) is 72.5 Å². The van der Waals surface area contributed by atoms with E-state index in [0.717, 1.165) is 0 Å². The van der Waals surface area contributed by atoms with Crippen molar-refractivity contribution >= 4 is 18.4 Å². The van der Waals surface area contributed by atoms with E-state index < -0.39 is 5.91 Å². The summed E-state index contributed by atoms with van der Waals surface area (Å²) in [6.45, 7) is 0.203. The highest BCUT2D eigenvalue weighted by molar-refractivity contribution is 6.04. The Labute approximate surface area is 81.4 Å². The van der Waals surface area contributed by atoms with E-state index in [9.17, 15) is 9.59 Å². The van der Waals surface area contributed by atoms with Gasteiger partial charge in [-0.3, -0.25) is 9.59 Å². The van der Waals surface area contributed by atoms with Gasteiger partial charge in [-0.2, -0.15) is 0 Å². The minimum Gasteiger partial charge on any atom is -0.326 e. The molecule has 0 radical (unpaired) electrons. The zero-order valence-corrected chi connectivity index (χ0v) is 7.51. The Bertz CT molecular complexity index is 372. The number of nitrogens with zero attached hydrogens (tertiary/aromatic N) is 1. The summed E-state index contributed by atoms with van der Waals surface area (Å²) in [5.74, 6) is -0.446. The van der Waals surface area contributed by atoms with Gasteiger partial charge in [-0.05, 0) is 6.07 Å². The second kappa shape index (κ2) is 5.04. The standard InChI is InChI=1S/C10H10N2O2/c11-5-6-12-10(14)9-4-2-1-3-8(9)7-13/h1-4,6-7H,5,11H2. The molecule has 1 aromatic carbocycles. The van der Waals surface area contributed by atoms with Crippen LogP contribution in [0, 0.1) is 0 Å². The van der Waals surface area contributed by atoms with E-state index in [-0.39, 0.29) is 6.54 Å². The molecule has 2 N–H and O–H groups in total. The van der Waals surface area contributed by atoms with Crippen molar-refractivity contribution in [2.75, 3.05) is 6.54 Å². The third-order valence-corrected chi connectivity index (χ3v) is 1.63. The average Bonchev–Trinajstić information content (AvgIpc) is 2.25. The second-order valence-corrected chi connectivity index (χ2v) is 2.56.